The molecule has 0 spiro atoms. The van der Waals surface area contributed by atoms with Crippen LogP contribution in [0.5, 0.6) is 0 Å². The molecule has 0 aromatic carbocycles. The first-order valence-corrected chi connectivity index (χ1v) is 4.67. The van der Waals surface area contributed by atoms with Crippen LogP contribution in [-0.4, -0.2) is 36.0 Å². The van der Waals surface area contributed by atoms with E-state index in [1.54, 1.807) is 18.9 Å². The SMILES string of the molecule is CC(C(=O)NC(C)(C)C)N(C)CC#N. The summed E-state index contributed by atoms with van der Waals surface area (Å²) in [5, 5.41) is 11.3. The summed E-state index contributed by atoms with van der Waals surface area (Å²) >= 11 is 0. The van der Waals surface area contributed by atoms with Gasteiger partial charge in [0.25, 0.3) is 0 Å². The van der Waals surface area contributed by atoms with Crippen molar-refractivity contribution in [3.05, 3.63) is 0 Å². The van der Waals surface area contributed by atoms with Crippen molar-refractivity contribution in [2.24, 2.45) is 0 Å². The normalized spacial score (nSPS) is 13.5. The Balaban J connectivity index is 4.20. The van der Waals surface area contributed by atoms with Crippen LogP contribution in [0.25, 0.3) is 0 Å². The van der Waals surface area contributed by atoms with E-state index >= 15 is 0 Å². The predicted octanol–water partition coefficient (Wildman–Crippen LogP) is 0.745. The number of amides is 1. The van der Waals surface area contributed by atoms with Gasteiger partial charge in [-0.3, -0.25) is 9.69 Å². The summed E-state index contributed by atoms with van der Waals surface area (Å²) in [7, 11) is 1.76. The molecule has 1 N–H and O–H groups in total. The number of rotatable bonds is 3. The van der Waals surface area contributed by atoms with Crippen LogP contribution in [0.1, 0.15) is 27.7 Å². The van der Waals surface area contributed by atoms with E-state index in [9.17, 15) is 4.79 Å². The van der Waals surface area contributed by atoms with E-state index in [-0.39, 0.29) is 24.0 Å². The number of likely N-dealkylation sites (N-methyl/N-ethyl adjacent to an activating group) is 1. The molecule has 0 aromatic rings. The molecule has 0 heterocycles. The number of hydrogen-bond acceptors (Lipinski definition) is 3. The summed E-state index contributed by atoms with van der Waals surface area (Å²) < 4.78 is 0. The number of nitrogens with one attached hydrogen (secondary N) is 1. The Hall–Kier alpha value is -1.08. The van der Waals surface area contributed by atoms with Gasteiger partial charge in [0.15, 0.2) is 0 Å². The van der Waals surface area contributed by atoms with E-state index in [2.05, 4.69) is 5.32 Å². The Labute approximate surface area is 85.9 Å². The summed E-state index contributed by atoms with van der Waals surface area (Å²) in [6.45, 7) is 7.85. The second-order valence-electron chi connectivity index (χ2n) is 4.49. The zero-order chi connectivity index (χ0) is 11.4. The molecule has 0 aliphatic rings. The van der Waals surface area contributed by atoms with Crippen LogP contribution in [0.2, 0.25) is 0 Å². The third-order valence-electron chi connectivity index (χ3n) is 1.86. The number of carbonyl (C=O) groups is 1. The highest BCUT2D eigenvalue weighted by atomic mass is 16.2. The number of nitrogens with zero attached hydrogens (tertiary/aromatic N) is 2. The molecule has 0 rings (SSSR count). The van der Waals surface area contributed by atoms with Gasteiger partial charge in [0.1, 0.15) is 0 Å². The molecule has 0 aromatic heterocycles. The van der Waals surface area contributed by atoms with E-state index in [0.717, 1.165) is 0 Å². The van der Waals surface area contributed by atoms with Crippen LogP contribution in [0.15, 0.2) is 0 Å². The zero-order valence-electron chi connectivity index (χ0n) is 9.59. The molecule has 0 saturated heterocycles. The molecular formula is C10H19N3O. The molecule has 4 heteroatoms. The minimum atomic E-state index is -0.270. The molecule has 0 bridgehead atoms. The lowest BCUT2D eigenvalue weighted by Gasteiger charge is -2.26. The Morgan fingerprint density at radius 1 is 1.57 bits per heavy atom. The first-order valence-electron chi connectivity index (χ1n) is 4.67. The molecule has 0 aliphatic carbocycles. The molecule has 0 saturated carbocycles. The first-order chi connectivity index (χ1) is 6.28. The summed E-state index contributed by atoms with van der Waals surface area (Å²) in [4.78, 5) is 13.3. The van der Waals surface area contributed by atoms with Gasteiger partial charge in [0.05, 0.1) is 18.7 Å². The molecule has 1 amide bonds. The highest BCUT2D eigenvalue weighted by Gasteiger charge is 2.21. The van der Waals surface area contributed by atoms with Crippen LogP contribution in [0, 0.1) is 11.3 Å². The van der Waals surface area contributed by atoms with Crippen molar-refractivity contribution in [1.29, 1.82) is 5.26 Å². The van der Waals surface area contributed by atoms with Crippen molar-refractivity contribution in [3.8, 4) is 6.07 Å². The van der Waals surface area contributed by atoms with E-state index in [1.807, 2.05) is 26.8 Å². The van der Waals surface area contributed by atoms with E-state index < -0.39 is 0 Å². The molecule has 4 nitrogen and oxygen atoms in total. The first kappa shape index (κ1) is 12.9. The Kier molecular flexibility index (Phi) is 4.58. The fraction of sp³-hybridized carbons (Fsp3) is 0.800. The standard InChI is InChI=1S/C10H19N3O/c1-8(13(5)7-6-11)9(14)12-10(2,3)4/h8H,7H2,1-5H3,(H,12,14). The van der Waals surface area contributed by atoms with E-state index in [4.69, 9.17) is 5.26 Å². The average molecular weight is 197 g/mol. The smallest absolute Gasteiger partial charge is 0.237 e. The van der Waals surface area contributed by atoms with E-state index in [0.29, 0.717) is 0 Å². The summed E-state index contributed by atoms with van der Waals surface area (Å²) in [5.74, 6) is -0.0461. The summed E-state index contributed by atoms with van der Waals surface area (Å²) in [5.41, 5.74) is -0.223. The van der Waals surface area contributed by atoms with Crippen LogP contribution >= 0.6 is 0 Å². The van der Waals surface area contributed by atoms with Gasteiger partial charge in [0, 0.05) is 5.54 Å². The van der Waals surface area contributed by atoms with Crippen molar-refractivity contribution < 1.29 is 4.79 Å². The minimum absolute atomic E-state index is 0.0461. The van der Waals surface area contributed by atoms with Gasteiger partial charge in [-0.2, -0.15) is 5.26 Å². The van der Waals surface area contributed by atoms with Crippen LogP contribution in [0.3, 0.4) is 0 Å². The molecule has 14 heavy (non-hydrogen) atoms. The number of carbonyl (C=O) groups excluding carboxylic acids is 1. The third-order valence-corrected chi connectivity index (χ3v) is 1.86. The maximum atomic E-state index is 11.6. The lowest BCUT2D eigenvalue weighted by molar-refractivity contribution is -0.126. The Morgan fingerprint density at radius 2 is 2.07 bits per heavy atom. The van der Waals surface area contributed by atoms with Crippen LogP contribution in [0.4, 0.5) is 0 Å². The molecule has 80 valence electrons. The quantitative estimate of drug-likeness (QED) is 0.679. The fourth-order valence-electron chi connectivity index (χ4n) is 0.923. The number of nitriles is 1. The Morgan fingerprint density at radius 3 is 2.43 bits per heavy atom. The minimum Gasteiger partial charge on any atom is -0.350 e. The van der Waals surface area contributed by atoms with Gasteiger partial charge < -0.3 is 5.32 Å². The van der Waals surface area contributed by atoms with Crippen molar-refractivity contribution in [2.45, 2.75) is 39.3 Å². The predicted molar refractivity (Wildman–Crippen MR) is 55.6 cm³/mol. The second-order valence-corrected chi connectivity index (χ2v) is 4.49. The number of hydrogen-bond donors (Lipinski definition) is 1. The molecule has 0 aliphatic heterocycles. The lowest BCUT2D eigenvalue weighted by Crippen LogP contribution is -2.50. The molecular weight excluding hydrogens is 178 g/mol. The highest BCUT2D eigenvalue weighted by Crippen LogP contribution is 2.02. The third kappa shape index (κ3) is 4.83. The van der Waals surface area contributed by atoms with Crippen molar-refractivity contribution in [2.75, 3.05) is 13.6 Å². The van der Waals surface area contributed by atoms with Gasteiger partial charge >= 0.3 is 0 Å². The van der Waals surface area contributed by atoms with Gasteiger partial charge in [-0.25, -0.2) is 0 Å². The topological polar surface area (TPSA) is 56.1 Å². The van der Waals surface area contributed by atoms with Gasteiger partial charge in [-0.15, -0.1) is 0 Å². The van der Waals surface area contributed by atoms with Gasteiger partial charge in [-0.05, 0) is 34.7 Å². The molecule has 0 fully saturated rings. The van der Waals surface area contributed by atoms with E-state index in [1.165, 1.54) is 0 Å². The largest absolute Gasteiger partial charge is 0.350 e. The highest BCUT2D eigenvalue weighted by molar-refractivity contribution is 5.81. The summed E-state index contributed by atoms with van der Waals surface area (Å²) in [6, 6.07) is 1.74. The maximum Gasteiger partial charge on any atom is 0.237 e. The van der Waals surface area contributed by atoms with Gasteiger partial charge in [0.2, 0.25) is 5.91 Å². The van der Waals surface area contributed by atoms with Crippen molar-refractivity contribution in [1.82, 2.24) is 10.2 Å². The average Bonchev–Trinajstić information content (AvgIpc) is 2.00. The Bertz CT molecular complexity index is 237. The van der Waals surface area contributed by atoms with Crippen LogP contribution in [-0.2, 0) is 4.79 Å². The molecule has 1 atom stereocenters. The van der Waals surface area contributed by atoms with Crippen molar-refractivity contribution >= 4 is 5.91 Å². The summed E-state index contributed by atoms with van der Waals surface area (Å²) in [6.07, 6.45) is 0. The van der Waals surface area contributed by atoms with Crippen LogP contribution < -0.4 is 5.32 Å². The fourth-order valence-corrected chi connectivity index (χ4v) is 0.923. The van der Waals surface area contributed by atoms with Crippen molar-refractivity contribution in [3.63, 3.8) is 0 Å². The second kappa shape index (κ2) is 4.97. The monoisotopic (exact) mass is 197 g/mol. The lowest BCUT2D eigenvalue weighted by atomic mass is 10.1. The zero-order valence-corrected chi connectivity index (χ0v) is 9.59. The maximum absolute atomic E-state index is 11.6. The molecule has 0 radical (unpaired) electrons. The van der Waals surface area contributed by atoms with Gasteiger partial charge in [-0.1, -0.05) is 0 Å². The molecule has 1 unspecified atom stereocenters.